The highest BCUT2D eigenvalue weighted by atomic mass is 35.5. The minimum absolute atomic E-state index is 0. The van der Waals surface area contributed by atoms with Gasteiger partial charge >= 0.3 is 0 Å². The van der Waals surface area contributed by atoms with Crippen LogP contribution in [0.25, 0.3) is 6.08 Å². The zero-order valence-electron chi connectivity index (χ0n) is 7.87. The van der Waals surface area contributed by atoms with Crippen molar-refractivity contribution in [1.29, 1.82) is 0 Å². The summed E-state index contributed by atoms with van der Waals surface area (Å²) >= 11 is 0. The molecule has 0 fully saturated rings. The van der Waals surface area contributed by atoms with Gasteiger partial charge in [-0.25, -0.2) is 4.39 Å². The molecule has 0 amide bonds. The molecule has 0 spiro atoms. The van der Waals surface area contributed by atoms with Gasteiger partial charge in [0.05, 0.1) is 0 Å². The monoisotopic (exact) mass is 214 g/mol. The molecule has 0 saturated heterocycles. The van der Waals surface area contributed by atoms with Gasteiger partial charge in [-0.3, -0.25) is 4.79 Å². The topological polar surface area (TPSA) is 17.1 Å². The highest BCUT2D eigenvalue weighted by Crippen LogP contribution is 2.04. The van der Waals surface area contributed by atoms with Gasteiger partial charge in [-0.05, 0) is 23.8 Å². The quantitative estimate of drug-likeness (QED) is 0.706. The number of halogens is 2. The second kappa shape index (κ2) is 6.33. The average Bonchev–Trinajstić information content (AvgIpc) is 2.16. The summed E-state index contributed by atoms with van der Waals surface area (Å²) in [6.45, 7) is 1.80. The molecule has 76 valence electrons. The highest BCUT2D eigenvalue weighted by Gasteiger charge is 1.91. The number of ketones is 1. The SMILES string of the molecule is CCC(=O)C=Cc1ccc(F)cc1.Cl. The number of benzene rings is 1. The third-order valence-electron chi connectivity index (χ3n) is 1.68. The van der Waals surface area contributed by atoms with Crippen molar-refractivity contribution in [1.82, 2.24) is 0 Å². The summed E-state index contributed by atoms with van der Waals surface area (Å²) in [6.07, 6.45) is 3.69. The third-order valence-corrected chi connectivity index (χ3v) is 1.68. The van der Waals surface area contributed by atoms with E-state index in [4.69, 9.17) is 0 Å². The van der Waals surface area contributed by atoms with Crippen LogP contribution in [-0.2, 0) is 4.79 Å². The van der Waals surface area contributed by atoms with Gasteiger partial charge in [0.1, 0.15) is 5.82 Å². The maximum absolute atomic E-state index is 12.5. The van der Waals surface area contributed by atoms with Crippen LogP contribution in [0.4, 0.5) is 4.39 Å². The number of allylic oxidation sites excluding steroid dienone is 1. The van der Waals surface area contributed by atoms with E-state index in [2.05, 4.69) is 0 Å². The van der Waals surface area contributed by atoms with Crippen molar-refractivity contribution < 1.29 is 9.18 Å². The van der Waals surface area contributed by atoms with Crippen molar-refractivity contribution in [3.63, 3.8) is 0 Å². The Morgan fingerprint density at radius 3 is 2.43 bits per heavy atom. The number of rotatable bonds is 3. The molecule has 0 unspecified atom stereocenters. The lowest BCUT2D eigenvalue weighted by Gasteiger charge is -1.91. The molecule has 3 heteroatoms. The van der Waals surface area contributed by atoms with Crippen molar-refractivity contribution in [3.8, 4) is 0 Å². The van der Waals surface area contributed by atoms with Gasteiger partial charge in [0.15, 0.2) is 5.78 Å². The van der Waals surface area contributed by atoms with Crippen molar-refractivity contribution in [2.45, 2.75) is 13.3 Å². The molecule has 0 aromatic heterocycles. The Morgan fingerprint density at radius 2 is 1.93 bits per heavy atom. The van der Waals surface area contributed by atoms with Gasteiger partial charge in [-0.15, -0.1) is 12.4 Å². The van der Waals surface area contributed by atoms with Crippen LogP contribution in [0.1, 0.15) is 18.9 Å². The van der Waals surface area contributed by atoms with Gasteiger partial charge in [0.2, 0.25) is 0 Å². The summed E-state index contributed by atoms with van der Waals surface area (Å²) in [5, 5.41) is 0. The van der Waals surface area contributed by atoms with Crippen LogP contribution in [0.3, 0.4) is 0 Å². The first-order valence-electron chi connectivity index (χ1n) is 4.19. The minimum atomic E-state index is -0.265. The largest absolute Gasteiger partial charge is 0.295 e. The molecule has 0 N–H and O–H groups in total. The van der Waals surface area contributed by atoms with Gasteiger partial charge in [0, 0.05) is 6.42 Å². The van der Waals surface area contributed by atoms with E-state index in [9.17, 15) is 9.18 Å². The summed E-state index contributed by atoms with van der Waals surface area (Å²) in [7, 11) is 0. The molecule has 14 heavy (non-hydrogen) atoms. The average molecular weight is 215 g/mol. The normalized spacial score (nSPS) is 9.86. The number of carbonyl (C=O) groups excluding carboxylic acids is 1. The van der Waals surface area contributed by atoms with E-state index >= 15 is 0 Å². The summed E-state index contributed by atoms with van der Waals surface area (Å²) in [4.78, 5) is 10.9. The number of carbonyl (C=O) groups is 1. The van der Waals surface area contributed by atoms with Gasteiger partial charge in [-0.2, -0.15) is 0 Å². The Hall–Kier alpha value is -1.15. The number of hydrogen-bond donors (Lipinski definition) is 0. The fraction of sp³-hybridized carbons (Fsp3) is 0.182. The smallest absolute Gasteiger partial charge is 0.155 e. The summed E-state index contributed by atoms with van der Waals surface area (Å²) in [5.74, 6) is -0.191. The van der Waals surface area contributed by atoms with E-state index < -0.39 is 0 Å². The second-order valence-corrected chi connectivity index (χ2v) is 2.70. The lowest BCUT2D eigenvalue weighted by atomic mass is 10.2. The summed E-state index contributed by atoms with van der Waals surface area (Å²) in [6, 6.07) is 6.01. The lowest BCUT2D eigenvalue weighted by molar-refractivity contribution is -0.114. The lowest BCUT2D eigenvalue weighted by Crippen LogP contribution is -1.86. The van der Waals surface area contributed by atoms with E-state index in [0.29, 0.717) is 6.42 Å². The second-order valence-electron chi connectivity index (χ2n) is 2.70. The molecule has 1 aromatic rings. The molecule has 0 radical (unpaired) electrons. The van der Waals surface area contributed by atoms with Crippen LogP contribution in [0.15, 0.2) is 30.3 Å². The van der Waals surface area contributed by atoms with E-state index in [1.165, 1.54) is 18.2 Å². The van der Waals surface area contributed by atoms with E-state index in [0.717, 1.165) is 5.56 Å². The number of hydrogen-bond acceptors (Lipinski definition) is 1. The van der Waals surface area contributed by atoms with Crippen LogP contribution >= 0.6 is 12.4 Å². The first-order chi connectivity index (χ1) is 6.22. The molecule has 0 aliphatic heterocycles. The van der Waals surface area contributed by atoms with Crippen molar-refractivity contribution in [2.24, 2.45) is 0 Å². The molecule has 1 nitrogen and oxygen atoms in total. The summed E-state index contributed by atoms with van der Waals surface area (Å²) < 4.78 is 12.5. The van der Waals surface area contributed by atoms with E-state index in [1.54, 1.807) is 25.1 Å². The predicted molar refractivity (Wildman–Crippen MR) is 58.0 cm³/mol. The summed E-state index contributed by atoms with van der Waals surface area (Å²) in [5.41, 5.74) is 0.836. The molecule has 0 aliphatic rings. The third kappa shape index (κ3) is 4.19. The first-order valence-corrected chi connectivity index (χ1v) is 4.19. The van der Waals surface area contributed by atoms with Gasteiger partial charge < -0.3 is 0 Å². The molecule has 0 atom stereocenters. The van der Waals surface area contributed by atoms with Gasteiger partial charge in [-0.1, -0.05) is 25.1 Å². The zero-order chi connectivity index (χ0) is 9.68. The Labute approximate surface area is 89.0 Å². The molecular formula is C11H12ClFO. The van der Waals surface area contributed by atoms with E-state index in [-0.39, 0.29) is 24.0 Å². The Balaban J connectivity index is 0.00000169. The minimum Gasteiger partial charge on any atom is -0.295 e. The maximum atomic E-state index is 12.5. The zero-order valence-corrected chi connectivity index (χ0v) is 8.68. The molecule has 0 aliphatic carbocycles. The van der Waals surface area contributed by atoms with Crippen LogP contribution in [0.2, 0.25) is 0 Å². The molecule has 0 saturated carbocycles. The van der Waals surface area contributed by atoms with Gasteiger partial charge in [0.25, 0.3) is 0 Å². The Bertz CT molecular complexity index is 317. The Kier molecular flexibility index (Phi) is 5.81. The maximum Gasteiger partial charge on any atom is 0.155 e. The van der Waals surface area contributed by atoms with Crippen LogP contribution < -0.4 is 0 Å². The fourth-order valence-electron chi connectivity index (χ4n) is 0.881. The fourth-order valence-corrected chi connectivity index (χ4v) is 0.881. The molecule has 0 heterocycles. The van der Waals surface area contributed by atoms with Crippen molar-refractivity contribution in [2.75, 3.05) is 0 Å². The van der Waals surface area contributed by atoms with Crippen LogP contribution in [0.5, 0.6) is 0 Å². The molecular weight excluding hydrogens is 203 g/mol. The predicted octanol–water partition coefficient (Wildman–Crippen LogP) is 3.24. The van der Waals surface area contributed by atoms with Crippen LogP contribution in [0, 0.1) is 5.82 Å². The van der Waals surface area contributed by atoms with Crippen LogP contribution in [-0.4, -0.2) is 5.78 Å². The highest BCUT2D eigenvalue weighted by molar-refractivity contribution is 5.93. The first kappa shape index (κ1) is 12.8. The Morgan fingerprint density at radius 1 is 1.36 bits per heavy atom. The van der Waals surface area contributed by atoms with E-state index in [1.807, 2.05) is 0 Å². The molecule has 0 bridgehead atoms. The van der Waals surface area contributed by atoms with Crippen molar-refractivity contribution in [3.05, 3.63) is 41.7 Å². The standard InChI is InChI=1S/C11H11FO.ClH/c1-2-11(13)8-5-9-3-6-10(12)7-4-9;/h3-8H,2H2,1H3;1H. The molecule has 1 aromatic carbocycles. The molecule has 1 rings (SSSR count). The van der Waals surface area contributed by atoms with Crippen molar-refractivity contribution >= 4 is 24.3 Å².